The van der Waals surface area contributed by atoms with Crippen LogP contribution >= 0.6 is 34.7 Å². The molecule has 2 aromatic rings. The maximum absolute atomic E-state index is 12.3. The fourth-order valence-corrected chi connectivity index (χ4v) is 3.69. The number of benzene rings is 1. The Morgan fingerprint density at radius 2 is 2.00 bits per heavy atom. The summed E-state index contributed by atoms with van der Waals surface area (Å²) in [4.78, 5) is 15.7. The topological polar surface area (TPSA) is 32.3 Å². The number of halogens is 3. The van der Waals surface area contributed by atoms with E-state index in [1.807, 2.05) is 24.0 Å². The van der Waals surface area contributed by atoms with E-state index in [1.54, 1.807) is 24.3 Å². The van der Waals surface area contributed by atoms with Crippen LogP contribution in [0.2, 0.25) is 4.34 Å². The average molecular weight is 391 g/mol. The zero-order valence-electron chi connectivity index (χ0n) is 13.0. The van der Waals surface area contributed by atoms with Gasteiger partial charge in [-0.15, -0.1) is 11.3 Å². The minimum atomic E-state index is -2.45. The van der Waals surface area contributed by atoms with Crippen molar-refractivity contribution >= 4 is 46.3 Å². The fourth-order valence-electron chi connectivity index (χ4n) is 2.06. The van der Waals surface area contributed by atoms with Gasteiger partial charge < -0.3 is 5.32 Å². The summed E-state index contributed by atoms with van der Waals surface area (Å²) in [6.07, 6.45) is 0. The molecule has 0 atom stereocenters. The number of anilines is 1. The van der Waals surface area contributed by atoms with Gasteiger partial charge in [0.25, 0.3) is 5.76 Å². The van der Waals surface area contributed by atoms with E-state index in [1.165, 1.54) is 11.3 Å². The number of hydrogen-bond acceptors (Lipinski definition) is 4. The van der Waals surface area contributed by atoms with Crippen LogP contribution in [0.4, 0.5) is 14.5 Å². The normalized spacial score (nSPS) is 11.2. The van der Waals surface area contributed by atoms with Crippen molar-refractivity contribution in [1.82, 2.24) is 4.90 Å². The van der Waals surface area contributed by atoms with Crippen molar-refractivity contribution in [3.63, 3.8) is 0 Å². The summed E-state index contributed by atoms with van der Waals surface area (Å²) < 4.78 is 25.3. The lowest BCUT2D eigenvalue weighted by atomic mass is 10.3. The second-order valence-corrected chi connectivity index (χ2v) is 7.82. The minimum Gasteiger partial charge on any atom is -0.325 e. The van der Waals surface area contributed by atoms with Gasteiger partial charge in [-0.25, -0.2) is 0 Å². The highest BCUT2D eigenvalue weighted by Crippen LogP contribution is 2.26. The number of likely N-dealkylation sites (N-methyl/N-ethyl adjacent to an activating group) is 1. The third kappa shape index (κ3) is 6.39. The van der Waals surface area contributed by atoms with Crippen LogP contribution in [0.15, 0.2) is 41.3 Å². The molecule has 0 saturated heterocycles. The third-order valence-corrected chi connectivity index (χ3v) is 5.12. The van der Waals surface area contributed by atoms with Gasteiger partial charge in [-0.3, -0.25) is 9.69 Å². The van der Waals surface area contributed by atoms with Crippen LogP contribution in [-0.2, 0) is 11.3 Å². The molecule has 1 aromatic heterocycles. The van der Waals surface area contributed by atoms with Crippen molar-refractivity contribution in [1.29, 1.82) is 0 Å². The Bertz CT molecular complexity index is 664. The Balaban J connectivity index is 1.86. The largest absolute Gasteiger partial charge is 0.325 e. The number of thiophene rings is 1. The summed E-state index contributed by atoms with van der Waals surface area (Å²) >= 11 is 7.89. The molecule has 0 fully saturated rings. The maximum atomic E-state index is 12.3. The number of carbonyl (C=O) groups is 1. The van der Waals surface area contributed by atoms with Gasteiger partial charge in [-0.2, -0.15) is 8.78 Å². The molecule has 0 aliphatic rings. The standard InChI is InChI=1S/C16H17ClF2N2OS2/c1-2-21(9-13-7-8-14(17)23-13)10-15(22)20-11-3-5-12(6-4-11)24-16(18)19/h3-8,16H,2,9-10H2,1H3,(H,20,22). The molecule has 8 heteroatoms. The van der Waals surface area contributed by atoms with Gasteiger partial charge >= 0.3 is 0 Å². The Kier molecular flexibility index (Phi) is 7.48. The Hall–Kier alpha value is -1.15. The predicted octanol–water partition coefficient (Wildman–Crippen LogP) is 5.18. The molecule has 0 unspecified atom stereocenters. The number of alkyl halides is 2. The SMILES string of the molecule is CCN(CC(=O)Nc1ccc(SC(F)F)cc1)Cc1ccc(Cl)s1. The van der Waals surface area contributed by atoms with Crippen LogP contribution in [0.5, 0.6) is 0 Å². The quantitative estimate of drug-likeness (QED) is 0.630. The van der Waals surface area contributed by atoms with E-state index in [9.17, 15) is 13.6 Å². The number of hydrogen-bond donors (Lipinski definition) is 1. The number of nitrogens with one attached hydrogen (secondary N) is 1. The number of rotatable bonds is 8. The van der Waals surface area contributed by atoms with E-state index in [0.29, 0.717) is 28.9 Å². The van der Waals surface area contributed by atoms with Crippen molar-refractivity contribution in [2.45, 2.75) is 24.1 Å². The van der Waals surface area contributed by atoms with Crippen LogP contribution in [-0.4, -0.2) is 29.7 Å². The smallest absolute Gasteiger partial charge is 0.288 e. The van der Waals surface area contributed by atoms with Crippen LogP contribution in [0.25, 0.3) is 0 Å². The van der Waals surface area contributed by atoms with Gasteiger partial charge in [0.1, 0.15) is 0 Å². The van der Waals surface area contributed by atoms with Crippen molar-refractivity contribution in [3.05, 3.63) is 45.6 Å². The zero-order chi connectivity index (χ0) is 17.5. The van der Waals surface area contributed by atoms with E-state index in [4.69, 9.17) is 11.6 Å². The number of nitrogens with zero attached hydrogens (tertiary/aromatic N) is 1. The zero-order valence-corrected chi connectivity index (χ0v) is 15.4. The molecule has 2 rings (SSSR count). The minimum absolute atomic E-state index is 0.145. The van der Waals surface area contributed by atoms with Crippen molar-refractivity contribution in [2.75, 3.05) is 18.4 Å². The van der Waals surface area contributed by atoms with Gasteiger partial charge in [0.15, 0.2) is 0 Å². The highest BCUT2D eigenvalue weighted by Gasteiger charge is 2.12. The Labute approximate surface area is 153 Å². The number of carbonyl (C=O) groups excluding carboxylic acids is 1. The first kappa shape index (κ1) is 19.2. The first-order valence-corrected chi connectivity index (χ1v) is 9.35. The Morgan fingerprint density at radius 1 is 1.29 bits per heavy atom. The number of thioether (sulfide) groups is 1. The molecule has 0 aliphatic carbocycles. The number of amides is 1. The molecular weight excluding hydrogens is 374 g/mol. The second kappa shape index (κ2) is 9.36. The van der Waals surface area contributed by atoms with Crippen LogP contribution in [0, 0.1) is 0 Å². The van der Waals surface area contributed by atoms with E-state index >= 15 is 0 Å². The molecule has 1 amide bonds. The molecule has 0 bridgehead atoms. The van der Waals surface area contributed by atoms with Crippen molar-refractivity contribution in [3.8, 4) is 0 Å². The van der Waals surface area contributed by atoms with E-state index in [2.05, 4.69) is 5.32 Å². The van der Waals surface area contributed by atoms with Gasteiger partial charge in [0, 0.05) is 22.0 Å². The maximum Gasteiger partial charge on any atom is 0.288 e. The molecule has 1 heterocycles. The van der Waals surface area contributed by atoms with Gasteiger partial charge in [-0.1, -0.05) is 30.3 Å². The highest BCUT2D eigenvalue weighted by molar-refractivity contribution is 7.99. The van der Waals surface area contributed by atoms with Gasteiger partial charge in [0.2, 0.25) is 5.91 Å². The molecule has 1 aromatic carbocycles. The Morgan fingerprint density at radius 3 is 2.54 bits per heavy atom. The molecule has 0 aliphatic heterocycles. The molecular formula is C16H17ClF2N2OS2. The van der Waals surface area contributed by atoms with Crippen LogP contribution in [0.1, 0.15) is 11.8 Å². The van der Waals surface area contributed by atoms with Gasteiger partial charge in [0.05, 0.1) is 10.9 Å². The summed E-state index contributed by atoms with van der Waals surface area (Å²) in [5, 5.41) is 2.78. The van der Waals surface area contributed by atoms with Crippen molar-refractivity contribution < 1.29 is 13.6 Å². The summed E-state index contributed by atoms with van der Waals surface area (Å²) in [7, 11) is 0. The predicted molar refractivity (Wildman–Crippen MR) is 97.2 cm³/mol. The summed E-state index contributed by atoms with van der Waals surface area (Å²) in [5.74, 6) is -2.59. The summed E-state index contributed by atoms with van der Waals surface area (Å²) in [6, 6.07) is 10.2. The molecule has 24 heavy (non-hydrogen) atoms. The van der Waals surface area contributed by atoms with Crippen molar-refractivity contribution in [2.24, 2.45) is 0 Å². The molecule has 0 radical (unpaired) electrons. The summed E-state index contributed by atoms with van der Waals surface area (Å²) in [5.41, 5.74) is 0.592. The fraction of sp³-hybridized carbons (Fsp3) is 0.312. The van der Waals surface area contributed by atoms with Crippen LogP contribution in [0.3, 0.4) is 0 Å². The van der Waals surface area contributed by atoms with E-state index in [-0.39, 0.29) is 12.5 Å². The van der Waals surface area contributed by atoms with E-state index < -0.39 is 5.76 Å². The lowest BCUT2D eigenvalue weighted by Crippen LogP contribution is -2.32. The monoisotopic (exact) mass is 390 g/mol. The van der Waals surface area contributed by atoms with Gasteiger partial charge in [-0.05, 0) is 42.9 Å². The molecule has 0 spiro atoms. The van der Waals surface area contributed by atoms with Crippen LogP contribution < -0.4 is 5.32 Å². The molecule has 3 nitrogen and oxygen atoms in total. The third-order valence-electron chi connectivity index (χ3n) is 3.19. The van der Waals surface area contributed by atoms with E-state index in [0.717, 1.165) is 15.8 Å². The first-order valence-electron chi connectivity index (χ1n) is 7.27. The molecule has 130 valence electrons. The molecule has 0 saturated carbocycles. The average Bonchev–Trinajstić information content (AvgIpc) is 2.93. The lowest BCUT2D eigenvalue weighted by molar-refractivity contribution is -0.117. The second-order valence-electron chi connectivity index (χ2n) is 4.96. The lowest BCUT2D eigenvalue weighted by Gasteiger charge is -2.19. The first-order chi connectivity index (χ1) is 11.5. The molecule has 1 N–H and O–H groups in total. The summed E-state index contributed by atoms with van der Waals surface area (Å²) in [6.45, 7) is 3.62. The highest BCUT2D eigenvalue weighted by atomic mass is 35.5.